The van der Waals surface area contributed by atoms with E-state index in [1.54, 1.807) is 0 Å². The second-order valence-electron chi connectivity index (χ2n) is 22.1. The van der Waals surface area contributed by atoms with E-state index < -0.39 is 11.2 Å². The first-order valence-corrected chi connectivity index (χ1v) is 21.7. The van der Waals surface area contributed by atoms with Crippen LogP contribution in [0.3, 0.4) is 0 Å². The Labute approximate surface area is 346 Å². The zero-order valence-electron chi connectivity index (χ0n) is 37.5. The van der Waals surface area contributed by atoms with Gasteiger partial charge in [0.2, 0.25) is 0 Å². The molecule has 2 aromatic heterocycles. The molecule has 8 rings (SSSR count). The van der Waals surface area contributed by atoms with Gasteiger partial charge in [-0.3, -0.25) is 14.2 Å². The van der Waals surface area contributed by atoms with Crippen molar-refractivity contribution in [1.82, 2.24) is 29.4 Å². The van der Waals surface area contributed by atoms with Crippen LogP contribution in [0.5, 0.6) is 0 Å². The summed E-state index contributed by atoms with van der Waals surface area (Å²) in [6.45, 7) is 29.3. The van der Waals surface area contributed by atoms with Crippen molar-refractivity contribution in [1.29, 1.82) is 0 Å². The zero-order valence-corrected chi connectivity index (χ0v) is 37.5. The third-order valence-electron chi connectivity index (χ3n) is 13.3. The Balaban J connectivity index is 0.000000177. The maximum absolute atomic E-state index is 12.2. The SMILES string of the molecule is Cc1cc(N2CCC(=O)CC2(C)C)nn1C1CC2(C1)CN(C(=O)OC(C)(C)C)C2.Cc1cc(N2CCC(N)CC2(C)C)nn1C1CC2(C1)CN(C(=O)OC(C)(C)C)C2. The van der Waals surface area contributed by atoms with Gasteiger partial charge in [0, 0.05) is 104 Å². The van der Waals surface area contributed by atoms with Gasteiger partial charge in [-0.25, -0.2) is 9.59 Å². The summed E-state index contributed by atoms with van der Waals surface area (Å²) < 4.78 is 15.3. The number of hydrogen-bond acceptors (Lipinski definition) is 10. The van der Waals surface area contributed by atoms with Gasteiger partial charge in [0.1, 0.15) is 17.0 Å². The topological polar surface area (TPSA) is 144 Å². The molecule has 2 saturated carbocycles. The number of likely N-dealkylation sites (tertiary alicyclic amines) is 2. The maximum atomic E-state index is 12.2. The Bertz CT molecular complexity index is 1870. The van der Waals surface area contributed by atoms with Crippen molar-refractivity contribution in [2.45, 2.75) is 175 Å². The highest BCUT2D eigenvalue weighted by Crippen LogP contribution is 2.56. The van der Waals surface area contributed by atoms with Gasteiger partial charge in [-0.05, 0) is 122 Å². The van der Waals surface area contributed by atoms with Gasteiger partial charge in [0.15, 0.2) is 11.6 Å². The van der Waals surface area contributed by atoms with Crippen molar-refractivity contribution < 1.29 is 23.9 Å². The van der Waals surface area contributed by atoms with Crippen molar-refractivity contribution in [2.75, 3.05) is 49.1 Å². The summed E-state index contributed by atoms with van der Waals surface area (Å²) in [6, 6.07) is 5.47. The van der Waals surface area contributed by atoms with Crippen LogP contribution in [0.4, 0.5) is 21.2 Å². The number of anilines is 2. The summed E-state index contributed by atoms with van der Waals surface area (Å²) in [5.74, 6) is 2.39. The summed E-state index contributed by atoms with van der Waals surface area (Å²) in [7, 11) is 0. The minimum absolute atomic E-state index is 0.0337. The number of carbonyl (C=O) groups excluding carboxylic acids is 3. The first-order valence-electron chi connectivity index (χ1n) is 21.7. The van der Waals surface area contributed by atoms with E-state index in [2.05, 4.69) is 72.8 Å². The van der Waals surface area contributed by atoms with Crippen molar-refractivity contribution >= 4 is 29.6 Å². The van der Waals surface area contributed by atoms with Crippen LogP contribution in [-0.2, 0) is 14.3 Å². The predicted molar refractivity (Wildman–Crippen MR) is 225 cm³/mol. The van der Waals surface area contributed by atoms with Gasteiger partial charge in [-0.1, -0.05) is 0 Å². The van der Waals surface area contributed by atoms with Gasteiger partial charge in [0.05, 0.1) is 12.1 Å². The third kappa shape index (κ3) is 8.59. The molecule has 6 fully saturated rings. The molecule has 0 bridgehead atoms. The van der Waals surface area contributed by atoms with Gasteiger partial charge >= 0.3 is 12.2 Å². The predicted octanol–water partition coefficient (Wildman–Crippen LogP) is 7.18. The molecule has 4 aliphatic heterocycles. The number of aromatic nitrogens is 4. The van der Waals surface area contributed by atoms with Crippen molar-refractivity contribution in [2.24, 2.45) is 16.6 Å². The molecule has 14 heteroatoms. The number of Topliss-reactive ketones (excluding diaryl/α,β-unsaturated/α-hetero) is 1. The number of ketones is 1. The van der Waals surface area contributed by atoms with E-state index in [4.69, 9.17) is 25.4 Å². The van der Waals surface area contributed by atoms with Crippen LogP contribution in [0, 0.1) is 24.7 Å². The average molecular weight is 806 g/mol. The number of nitrogens with zero attached hydrogens (tertiary/aromatic N) is 8. The van der Waals surface area contributed by atoms with E-state index in [-0.39, 0.29) is 40.1 Å². The lowest BCUT2D eigenvalue weighted by atomic mass is 9.61. The summed E-state index contributed by atoms with van der Waals surface area (Å²) in [4.78, 5) is 44.6. The molecule has 2 aliphatic carbocycles. The first kappa shape index (κ1) is 42.3. The number of nitrogens with two attached hydrogens (primary N) is 1. The molecule has 4 saturated heterocycles. The van der Waals surface area contributed by atoms with Gasteiger partial charge in [0.25, 0.3) is 0 Å². The zero-order chi connectivity index (χ0) is 42.4. The van der Waals surface area contributed by atoms with E-state index >= 15 is 0 Å². The highest BCUT2D eigenvalue weighted by atomic mass is 16.6. The summed E-state index contributed by atoms with van der Waals surface area (Å²) >= 11 is 0. The smallest absolute Gasteiger partial charge is 0.410 e. The van der Waals surface area contributed by atoms with Gasteiger partial charge in [-0.15, -0.1) is 0 Å². The van der Waals surface area contributed by atoms with Crippen molar-refractivity contribution in [3.05, 3.63) is 23.5 Å². The Kier molecular flexibility index (Phi) is 10.5. The minimum atomic E-state index is -0.447. The monoisotopic (exact) mass is 806 g/mol. The highest BCUT2D eigenvalue weighted by molar-refractivity contribution is 5.82. The molecule has 6 heterocycles. The molecule has 2 amide bonds. The lowest BCUT2D eigenvalue weighted by Crippen LogP contribution is -2.64. The van der Waals surface area contributed by atoms with Crippen molar-refractivity contribution in [3.8, 4) is 0 Å². The minimum Gasteiger partial charge on any atom is -0.444 e. The summed E-state index contributed by atoms with van der Waals surface area (Å²) in [5, 5.41) is 9.93. The number of hydrogen-bond donors (Lipinski definition) is 1. The molecule has 2 spiro atoms. The third-order valence-corrected chi connectivity index (χ3v) is 13.3. The fourth-order valence-corrected chi connectivity index (χ4v) is 10.6. The number of carbonyl (C=O) groups is 3. The standard InChI is InChI=1S/C22H37N5O2.C22H34N4O3/c1-15-9-18(26-8-7-16(23)10-21(26,5)6)24-27(15)17-11-22(12-17)13-25(14-22)19(28)29-20(2,3)4;1-15-9-18(25-8-7-17(27)12-21(25,5)6)23-26(15)16-10-22(11-16)13-24(14-22)19(28)29-20(2,3)4/h9,16-17H,7-8,10-14,23H2,1-6H3;9,16H,7-8,10-14H2,1-6H3. The second kappa shape index (κ2) is 14.4. The van der Waals surface area contributed by atoms with E-state index in [0.717, 1.165) is 95.1 Å². The van der Waals surface area contributed by atoms with E-state index in [1.807, 2.05) is 51.3 Å². The quantitative estimate of drug-likeness (QED) is 0.338. The normalized spacial score (nSPS) is 25.9. The van der Waals surface area contributed by atoms with Gasteiger partial charge < -0.3 is 34.8 Å². The molecule has 58 heavy (non-hydrogen) atoms. The number of rotatable bonds is 4. The van der Waals surface area contributed by atoms with Gasteiger partial charge in [-0.2, -0.15) is 10.2 Å². The van der Waals surface area contributed by atoms with Crippen LogP contribution >= 0.6 is 0 Å². The van der Waals surface area contributed by atoms with Crippen LogP contribution < -0.4 is 15.5 Å². The maximum Gasteiger partial charge on any atom is 0.410 e. The molecule has 0 aromatic carbocycles. The molecule has 1 unspecified atom stereocenters. The number of piperidine rings is 2. The van der Waals surface area contributed by atoms with E-state index in [0.29, 0.717) is 30.7 Å². The van der Waals surface area contributed by atoms with Crippen LogP contribution in [0.25, 0.3) is 0 Å². The largest absolute Gasteiger partial charge is 0.444 e. The van der Waals surface area contributed by atoms with E-state index in [9.17, 15) is 14.4 Å². The first-order chi connectivity index (χ1) is 26.7. The molecule has 1 atom stereocenters. The Morgan fingerprint density at radius 1 is 0.690 bits per heavy atom. The number of amides is 2. The highest BCUT2D eigenvalue weighted by Gasteiger charge is 2.57. The van der Waals surface area contributed by atoms with Crippen LogP contribution in [0.2, 0.25) is 0 Å². The summed E-state index contributed by atoms with van der Waals surface area (Å²) in [6.07, 6.45) is 7.07. The Hall–Kier alpha value is -3.81. The molecule has 322 valence electrons. The fraction of sp³-hybridized carbons (Fsp3) is 0.795. The fourth-order valence-electron chi connectivity index (χ4n) is 10.6. The number of ether oxygens (including phenoxy) is 2. The molecule has 14 nitrogen and oxygen atoms in total. The van der Waals surface area contributed by atoms with Crippen LogP contribution in [0.1, 0.15) is 144 Å². The molecule has 2 N–H and O–H groups in total. The molecular formula is C44H71N9O5. The Morgan fingerprint density at radius 2 is 1.10 bits per heavy atom. The lowest BCUT2D eigenvalue weighted by molar-refractivity contribution is -0.121. The number of aryl methyl sites for hydroxylation is 2. The van der Waals surface area contributed by atoms with Crippen LogP contribution in [-0.4, -0.2) is 115 Å². The van der Waals surface area contributed by atoms with Crippen LogP contribution in [0.15, 0.2) is 12.1 Å². The summed E-state index contributed by atoms with van der Waals surface area (Å²) in [5.41, 5.74) is 8.03. The second-order valence-corrected chi connectivity index (χ2v) is 22.1. The molecule has 2 aromatic rings. The molecular weight excluding hydrogens is 735 g/mol. The molecule has 6 aliphatic rings. The lowest BCUT2D eigenvalue weighted by Gasteiger charge is -2.58. The Morgan fingerprint density at radius 3 is 1.48 bits per heavy atom. The van der Waals surface area contributed by atoms with E-state index in [1.165, 1.54) is 5.69 Å². The average Bonchev–Trinajstić information content (AvgIpc) is 3.53. The van der Waals surface area contributed by atoms with Crippen molar-refractivity contribution in [3.63, 3.8) is 0 Å². The molecule has 0 radical (unpaired) electrons.